The summed E-state index contributed by atoms with van der Waals surface area (Å²) in [6.45, 7) is 1.84. The number of esters is 1. The average molecular weight is 367 g/mol. The molecule has 1 aliphatic carbocycles. The lowest BCUT2D eigenvalue weighted by Crippen LogP contribution is -2.32. The number of nitriles is 1. The first-order chi connectivity index (χ1) is 12.3. The lowest BCUT2D eigenvalue weighted by molar-refractivity contribution is -0.148. The van der Waals surface area contributed by atoms with Crippen molar-refractivity contribution < 1.29 is 27.4 Å². The van der Waals surface area contributed by atoms with Crippen LogP contribution in [0.15, 0.2) is 18.2 Å². The molecule has 1 aromatic carbocycles. The van der Waals surface area contributed by atoms with Crippen LogP contribution in [-0.2, 0) is 15.7 Å². The van der Waals surface area contributed by atoms with E-state index in [1.165, 1.54) is 18.6 Å². The molecule has 1 heterocycles. The second kappa shape index (κ2) is 7.18. The van der Waals surface area contributed by atoms with Crippen LogP contribution in [0.1, 0.15) is 50.2 Å². The number of hydrogen-bond acceptors (Lipinski definition) is 4. The number of nitrogens with zero attached hydrogens (tertiary/aromatic N) is 1. The molecule has 0 aromatic heterocycles. The summed E-state index contributed by atoms with van der Waals surface area (Å²) in [6, 6.07) is 4.63. The number of carbonyl (C=O) groups excluding carboxylic acids is 1. The average Bonchev–Trinajstić information content (AvgIpc) is 2.90. The van der Waals surface area contributed by atoms with Gasteiger partial charge in [0.05, 0.1) is 17.2 Å². The first-order valence-electron chi connectivity index (χ1n) is 8.79. The van der Waals surface area contributed by atoms with Gasteiger partial charge < -0.3 is 9.47 Å². The predicted octanol–water partition coefficient (Wildman–Crippen LogP) is 4.47. The molecule has 2 fully saturated rings. The minimum absolute atomic E-state index is 0.0885. The minimum Gasteiger partial charge on any atom is -0.478 e. The van der Waals surface area contributed by atoms with E-state index in [1.807, 2.05) is 6.92 Å². The Morgan fingerprint density at radius 3 is 2.54 bits per heavy atom. The molecule has 7 heteroatoms. The topological polar surface area (TPSA) is 59.3 Å². The lowest BCUT2D eigenvalue weighted by Gasteiger charge is -2.29. The van der Waals surface area contributed by atoms with Crippen LogP contribution in [0.5, 0.6) is 5.75 Å². The smallest absolute Gasteiger partial charge is 0.417 e. The highest BCUT2D eigenvalue weighted by Gasteiger charge is 2.47. The summed E-state index contributed by atoms with van der Waals surface area (Å²) >= 11 is 0. The normalized spacial score (nSPS) is 27.0. The molecule has 0 spiro atoms. The number of alkyl halides is 3. The number of hydrogen-bond donors (Lipinski definition) is 0. The fourth-order valence-corrected chi connectivity index (χ4v) is 3.91. The maximum absolute atomic E-state index is 13.1. The Morgan fingerprint density at radius 2 is 1.92 bits per heavy atom. The summed E-state index contributed by atoms with van der Waals surface area (Å²) in [5.74, 6) is -0.584. The molecule has 3 rings (SSSR count). The molecule has 1 aromatic rings. The molecule has 1 aliphatic heterocycles. The van der Waals surface area contributed by atoms with Crippen LogP contribution in [0.25, 0.3) is 0 Å². The van der Waals surface area contributed by atoms with Crippen molar-refractivity contribution in [1.82, 2.24) is 0 Å². The molecule has 3 atom stereocenters. The van der Waals surface area contributed by atoms with E-state index in [4.69, 9.17) is 14.7 Å². The van der Waals surface area contributed by atoms with E-state index in [2.05, 4.69) is 0 Å². The quantitative estimate of drug-likeness (QED) is 0.740. The zero-order chi connectivity index (χ0) is 18.9. The summed E-state index contributed by atoms with van der Waals surface area (Å²) < 4.78 is 50.3. The van der Waals surface area contributed by atoms with Crippen LogP contribution in [0.2, 0.25) is 0 Å². The first-order valence-corrected chi connectivity index (χ1v) is 8.79. The SMILES string of the molecule is CC1C(Oc2ccc(C#N)c(C(F)(F)F)c2)C(=O)OC1C1CCCCC1. The molecule has 0 N–H and O–H groups in total. The highest BCUT2D eigenvalue weighted by Crippen LogP contribution is 2.39. The van der Waals surface area contributed by atoms with Gasteiger partial charge in [-0.1, -0.05) is 26.2 Å². The summed E-state index contributed by atoms with van der Waals surface area (Å²) in [5, 5.41) is 8.86. The van der Waals surface area contributed by atoms with Crippen LogP contribution in [0.4, 0.5) is 13.2 Å². The maximum Gasteiger partial charge on any atom is 0.417 e. The Balaban J connectivity index is 1.78. The number of halogens is 3. The summed E-state index contributed by atoms with van der Waals surface area (Å²) in [4.78, 5) is 12.2. The standard InChI is InChI=1S/C19H20F3NO3/c1-11-16(12-5-3-2-4-6-12)26-18(24)17(11)25-14-8-7-13(10-23)15(9-14)19(20,21)22/h7-9,11-12,16-17H,2-6H2,1H3. The number of cyclic esters (lactones) is 1. The van der Waals surface area contributed by atoms with Crippen molar-refractivity contribution in [1.29, 1.82) is 5.26 Å². The van der Waals surface area contributed by atoms with Crippen molar-refractivity contribution in [3.8, 4) is 11.8 Å². The van der Waals surface area contributed by atoms with Gasteiger partial charge in [-0.05, 0) is 37.0 Å². The molecule has 0 bridgehead atoms. The van der Waals surface area contributed by atoms with Gasteiger partial charge >= 0.3 is 12.1 Å². The maximum atomic E-state index is 13.1. The number of carbonyl (C=O) groups is 1. The van der Waals surface area contributed by atoms with Crippen LogP contribution >= 0.6 is 0 Å². The molecule has 0 amide bonds. The first kappa shape index (κ1) is 18.6. The number of benzene rings is 1. The molecular formula is C19H20F3NO3. The van der Waals surface area contributed by atoms with Gasteiger partial charge in [0, 0.05) is 5.92 Å². The molecule has 4 nitrogen and oxygen atoms in total. The van der Waals surface area contributed by atoms with Gasteiger partial charge in [0.1, 0.15) is 11.9 Å². The molecule has 26 heavy (non-hydrogen) atoms. The van der Waals surface area contributed by atoms with E-state index in [1.54, 1.807) is 0 Å². The number of rotatable bonds is 3. The highest BCUT2D eigenvalue weighted by molar-refractivity contribution is 5.78. The van der Waals surface area contributed by atoms with E-state index in [9.17, 15) is 18.0 Å². The van der Waals surface area contributed by atoms with E-state index in [0.717, 1.165) is 37.8 Å². The van der Waals surface area contributed by atoms with Gasteiger partial charge in [0.15, 0.2) is 0 Å². The Morgan fingerprint density at radius 1 is 1.23 bits per heavy atom. The van der Waals surface area contributed by atoms with Gasteiger partial charge in [-0.15, -0.1) is 0 Å². The molecule has 1 saturated carbocycles. The van der Waals surface area contributed by atoms with E-state index in [-0.39, 0.29) is 23.7 Å². The van der Waals surface area contributed by atoms with Gasteiger partial charge in [0.2, 0.25) is 6.10 Å². The van der Waals surface area contributed by atoms with Crippen LogP contribution in [0.3, 0.4) is 0 Å². The molecule has 1 saturated heterocycles. The third-order valence-corrected chi connectivity index (χ3v) is 5.27. The van der Waals surface area contributed by atoms with Crippen LogP contribution < -0.4 is 4.74 Å². The summed E-state index contributed by atoms with van der Waals surface area (Å²) in [7, 11) is 0. The fraction of sp³-hybridized carbons (Fsp3) is 0.579. The van der Waals surface area contributed by atoms with E-state index < -0.39 is 29.4 Å². The third kappa shape index (κ3) is 3.64. The van der Waals surface area contributed by atoms with Crippen molar-refractivity contribution in [2.75, 3.05) is 0 Å². The van der Waals surface area contributed by atoms with E-state index in [0.29, 0.717) is 0 Å². The molecule has 3 unspecified atom stereocenters. The van der Waals surface area contributed by atoms with Crippen molar-refractivity contribution in [2.24, 2.45) is 11.8 Å². The Bertz CT molecular complexity index is 720. The second-order valence-electron chi connectivity index (χ2n) is 7.01. The van der Waals surface area contributed by atoms with Crippen molar-refractivity contribution >= 4 is 5.97 Å². The van der Waals surface area contributed by atoms with Gasteiger partial charge in [-0.3, -0.25) is 0 Å². The van der Waals surface area contributed by atoms with Gasteiger partial charge in [0.25, 0.3) is 0 Å². The molecule has 2 aliphatic rings. The molecular weight excluding hydrogens is 347 g/mol. The summed E-state index contributed by atoms with van der Waals surface area (Å²) in [6.07, 6.45) is -0.505. The Labute approximate surface area is 149 Å². The third-order valence-electron chi connectivity index (χ3n) is 5.27. The van der Waals surface area contributed by atoms with Gasteiger partial charge in [-0.2, -0.15) is 18.4 Å². The predicted molar refractivity (Wildman–Crippen MR) is 86.2 cm³/mol. The zero-order valence-corrected chi connectivity index (χ0v) is 14.4. The van der Waals surface area contributed by atoms with Crippen molar-refractivity contribution in [3.05, 3.63) is 29.3 Å². The summed E-state index contributed by atoms with van der Waals surface area (Å²) in [5.41, 5.74) is -1.55. The van der Waals surface area contributed by atoms with Crippen LogP contribution in [0, 0.1) is 23.2 Å². The zero-order valence-electron chi connectivity index (χ0n) is 14.4. The molecule has 0 radical (unpaired) electrons. The lowest BCUT2D eigenvalue weighted by atomic mass is 9.80. The van der Waals surface area contributed by atoms with Gasteiger partial charge in [-0.25, -0.2) is 4.79 Å². The van der Waals surface area contributed by atoms with Crippen molar-refractivity contribution in [3.63, 3.8) is 0 Å². The second-order valence-corrected chi connectivity index (χ2v) is 7.01. The Hall–Kier alpha value is -2.23. The Kier molecular flexibility index (Phi) is 5.12. The van der Waals surface area contributed by atoms with Crippen molar-refractivity contribution in [2.45, 2.75) is 57.4 Å². The van der Waals surface area contributed by atoms with Crippen LogP contribution in [-0.4, -0.2) is 18.2 Å². The fourth-order valence-electron chi connectivity index (χ4n) is 3.91. The largest absolute Gasteiger partial charge is 0.478 e. The monoisotopic (exact) mass is 367 g/mol. The van der Waals surface area contributed by atoms with E-state index >= 15 is 0 Å². The minimum atomic E-state index is -4.67. The molecule has 140 valence electrons. The number of ether oxygens (including phenoxy) is 2. The highest BCUT2D eigenvalue weighted by atomic mass is 19.4.